The number of hydrogen-bond acceptors (Lipinski definition) is 3. The van der Waals surface area contributed by atoms with Gasteiger partial charge in [0.25, 0.3) is 5.91 Å². The van der Waals surface area contributed by atoms with Crippen molar-refractivity contribution in [3.8, 4) is 5.75 Å². The molecule has 0 radical (unpaired) electrons. The second-order valence-electron chi connectivity index (χ2n) is 2.90. The molecule has 0 saturated heterocycles. The SMILES string of the molecule is NC(=O)c1c(I)cc(I)c(OCC(=O)O)c1I.[H-].[Na+]. The molecule has 1 aromatic rings. The Hall–Kier alpha value is 1.15. The van der Waals surface area contributed by atoms with E-state index in [4.69, 9.17) is 15.6 Å². The first-order chi connectivity index (χ1) is 7.84. The number of amides is 1. The Labute approximate surface area is 168 Å². The summed E-state index contributed by atoms with van der Waals surface area (Å²) >= 11 is 5.95. The number of carbonyl (C=O) groups is 2. The first-order valence-electron chi connectivity index (χ1n) is 4.16. The normalized spacial score (nSPS) is 9.50. The number of halogens is 3. The summed E-state index contributed by atoms with van der Waals surface area (Å²) in [5, 5.41) is 8.57. The van der Waals surface area contributed by atoms with Crippen LogP contribution in [0.3, 0.4) is 0 Å². The van der Waals surface area contributed by atoms with Gasteiger partial charge in [-0.05, 0) is 73.8 Å². The molecule has 0 saturated carbocycles. The van der Waals surface area contributed by atoms with Gasteiger partial charge in [0, 0.05) is 3.57 Å². The average Bonchev–Trinajstić information content (AvgIpc) is 2.14. The van der Waals surface area contributed by atoms with Gasteiger partial charge in [0.1, 0.15) is 5.75 Å². The van der Waals surface area contributed by atoms with Crippen molar-refractivity contribution < 1.29 is 50.4 Å². The van der Waals surface area contributed by atoms with Crippen molar-refractivity contribution in [1.29, 1.82) is 0 Å². The van der Waals surface area contributed by atoms with Crippen molar-refractivity contribution in [2.75, 3.05) is 6.61 Å². The summed E-state index contributed by atoms with van der Waals surface area (Å²) < 4.78 is 7.14. The van der Waals surface area contributed by atoms with Crippen molar-refractivity contribution in [2.45, 2.75) is 0 Å². The largest absolute Gasteiger partial charge is 1.00 e. The zero-order valence-corrected chi connectivity index (χ0v) is 17.6. The van der Waals surface area contributed by atoms with Crippen LogP contribution in [0.4, 0.5) is 0 Å². The van der Waals surface area contributed by atoms with Crippen molar-refractivity contribution >= 4 is 79.6 Å². The van der Waals surface area contributed by atoms with E-state index in [0.717, 1.165) is 3.57 Å². The van der Waals surface area contributed by atoms with E-state index in [-0.39, 0.29) is 31.0 Å². The summed E-state index contributed by atoms with van der Waals surface area (Å²) in [6, 6.07) is 1.72. The molecule has 0 unspecified atom stereocenters. The quantitative estimate of drug-likeness (QED) is 0.351. The van der Waals surface area contributed by atoms with Crippen LogP contribution in [0.15, 0.2) is 6.07 Å². The molecule has 5 nitrogen and oxygen atoms in total. The van der Waals surface area contributed by atoms with Gasteiger partial charge in [0.15, 0.2) is 6.61 Å². The van der Waals surface area contributed by atoms with Gasteiger partial charge < -0.3 is 17.0 Å². The molecule has 0 aliphatic rings. The van der Waals surface area contributed by atoms with Gasteiger partial charge in [-0.25, -0.2) is 4.79 Å². The number of hydrogen-bond donors (Lipinski definition) is 2. The number of benzene rings is 1. The van der Waals surface area contributed by atoms with E-state index < -0.39 is 18.5 Å². The van der Waals surface area contributed by atoms with Crippen LogP contribution in [0.1, 0.15) is 11.8 Å². The maximum Gasteiger partial charge on any atom is 1.00 e. The molecule has 9 heteroatoms. The van der Waals surface area contributed by atoms with Gasteiger partial charge in [0.2, 0.25) is 0 Å². The van der Waals surface area contributed by atoms with Crippen molar-refractivity contribution in [1.82, 2.24) is 0 Å². The Morgan fingerprint density at radius 3 is 2.33 bits per heavy atom. The summed E-state index contributed by atoms with van der Waals surface area (Å²) in [6.07, 6.45) is 0. The zero-order chi connectivity index (χ0) is 13.2. The topological polar surface area (TPSA) is 89.6 Å². The zero-order valence-electron chi connectivity index (χ0n) is 10.2. The number of nitrogens with two attached hydrogens (primary N) is 1. The predicted octanol–water partition coefficient (Wildman–Crippen LogP) is -0.821. The minimum Gasteiger partial charge on any atom is -1.00 e. The third-order valence-electron chi connectivity index (χ3n) is 1.71. The molecule has 0 spiro atoms. The Kier molecular flexibility index (Phi) is 8.98. The first kappa shape index (κ1) is 19.1. The van der Waals surface area contributed by atoms with Crippen LogP contribution in [0, 0.1) is 10.7 Å². The summed E-state index contributed by atoms with van der Waals surface area (Å²) in [4.78, 5) is 21.7. The Bertz CT molecular complexity index is 501. The van der Waals surface area contributed by atoms with Crippen LogP contribution in [0.5, 0.6) is 5.75 Å². The summed E-state index contributed by atoms with van der Waals surface area (Å²) in [5.74, 6) is -1.26. The van der Waals surface area contributed by atoms with E-state index >= 15 is 0 Å². The minimum atomic E-state index is -1.07. The fourth-order valence-corrected chi connectivity index (χ4v) is 5.28. The number of aliphatic carboxylic acids is 1. The number of primary amides is 1. The molecular formula is C9H7I3NNaO4. The van der Waals surface area contributed by atoms with E-state index in [0.29, 0.717) is 18.5 Å². The van der Waals surface area contributed by atoms with E-state index in [1.807, 2.05) is 67.8 Å². The van der Waals surface area contributed by atoms with Crippen LogP contribution < -0.4 is 40.0 Å². The van der Waals surface area contributed by atoms with Crippen LogP contribution in [0.25, 0.3) is 0 Å². The third kappa shape index (κ3) is 4.92. The van der Waals surface area contributed by atoms with Crippen molar-refractivity contribution in [2.24, 2.45) is 5.73 Å². The van der Waals surface area contributed by atoms with Crippen LogP contribution in [-0.4, -0.2) is 23.6 Å². The molecule has 0 bridgehead atoms. The standard InChI is InChI=1S/C9H6I3NO4.Na.H/c10-3-1-4(11)8(17-2-5(14)15)7(12)6(3)9(13)16;;/h1H,2H2,(H2,13,16)(H,14,15);;/q;+1;-1. The molecule has 0 aliphatic carbocycles. The molecule has 18 heavy (non-hydrogen) atoms. The monoisotopic (exact) mass is 597 g/mol. The van der Waals surface area contributed by atoms with Gasteiger partial charge in [-0.2, -0.15) is 0 Å². The molecule has 0 aromatic heterocycles. The Morgan fingerprint density at radius 2 is 1.89 bits per heavy atom. The number of rotatable bonds is 4. The van der Waals surface area contributed by atoms with E-state index in [9.17, 15) is 9.59 Å². The van der Waals surface area contributed by atoms with Crippen molar-refractivity contribution in [3.05, 3.63) is 22.3 Å². The Morgan fingerprint density at radius 1 is 1.33 bits per heavy atom. The molecule has 3 N–H and O–H groups in total. The molecule has 0 atom stereocenters. The molecule has 94 valence electrons. The fraction of sp³-hybridized carbons (Fsp3) is 0.111. The van der Waals surface area contributed by atoms with Gasteiger partial charge in [0.05, 0.1) is 12.7 Å². The van der Waals surface area contributed by atoms with Gasteiger partial charge in [-0.15, -0.1) is 0 Å². The summed E-state index contributed by atoms with van der Waals surface area (Å²) in [5.41, 5.74) is 5.62. The predicted molar refractivity (Wildman–Crippen MR) is 87.4 cm³/mol. The molecule has 1 aromatic carbocycles. The van der Waals surface area contributed by atoms with E-state index in [1.54, 1.807) is 6.07 Å². The van der Waals surface area contributed by atoms with E-state index in [2.05, 4.69) is 0 Å². The number of ether oxygens (including phenoxy) is 1. The molecule has 1 amide bonds. The third-order valence-corrected chi connectivity index (χ3v) is 4.40. The van der Waals surface area contributed by atoms with E-state index in [1.165, 1.54) is 0 Å². The van der Waals surface area contributed by atoms with Crippen LogP contribution in [-0.2, 0) is 4.79 Å². The molecule has 0 fully saturated rings. The summed E-state index contributed by atoms with van der Waals surface area (Å²) in [6.45, 7) is -0.454. The van der Waals surface area contributed by atoms with Crippen molar-refractivity contribution in [3.63, 3.8) is 0 Å². The van der Waals surface area contributed by atoms with Crippen LogP contribution >= 0.6 is 67.8 Å². The average molecular weight is 597 g/mol. The molecule has 0 aliphatic heterocycles. The molecule has 1 rings (SSSR count). The fourth-order valence-electron chi connectivity index (χ4n) is 1.06. The Balaban J connectivity index is 0. The van der Waals surface area contributed by atoms with Gasteiger partial charge in [-0.1, -0.05) is 0 Å². The number of carbonyl (C=O) groups excluding carboxylic acids is 1. The second-order valence-corrected chi connectivity index (χ2v) is 6.31. The molecular weight excluding hydrogens is 590 g/mol. The first-order valence-corrected chi connectivity index (χ1v) is 7.40. The maximum absolute atomic E-state index is 11.3. The smallest absolute Gasteiger partial charge is 1.00 e. The summed E-state index contributed by atoms with van der Waals surface area (Å²) in [7, 11) is 0. The van der Waals surface area contributed by atoms with Crippen LogP contribution in [0.2, 0.25) is 0 Å². The molecule has 0 heterocycles. The number of carboxylic acid groups (broad SMARTS) is 1. The second kappa shape index (κ2) is 8.44. The maximum atomic E-state index is 11.3. The van der Waals surface area contributed by atoms with Gasteiger partial charge in [-0.3, -0.25) is 4.79 Å². The minimum absolute atomic E-state index is 0. The van der Waals surface area contributed by atoms with Gasteiger partial charge >= 0.3 is 35.5 Å². The number of carboxylic acids is 1.